The van der Waals surface area contributed by atoms with Crippen molar-refractivity contribution in [1.82, 2.24) is 10.2 Å². The SMILES string of the molecule is O=C1NC(=O)N(Cc2ccccc2)C(=O)/C1=C/c1ccc(O)c(O)c1. The summed E-state index contributed by atoms with van der Waals surface area (Å²) in [6.45, 7) is 0.0248. The second-order valence-electron chi connectivity index (χ2n) is 5.44. The number of amides is 4. The lowest BCUT2D eigenvalue weighted by atomic mass is 10.1. The summed E-state index contributed by atoms with van der Waals surface area (Å²) >= 11 is 0. The van der Waals surface area contributed by atoms with E-state index < -0.39 is 17.8 Å². The van der Waals surface area contributed by atoms with Crippen LogP contribution in [0.1, 0.15) is 11.1 Å². The standard InChI is InChI=1S/C18H14N2O5/c21-14-7-6-12(9-15(14)22)8-13-16(23)19-18(25)20(17(13)24)10-11-4-2-1-3-5-11/h1-9,21-22H,10H2,(H,19,23,25)/b13-8+. The van der Waals surface area contributed by atoms with Crippen LogP contribution >= 0.6 is 0 Å². The van der Waals surface area contributed by atoms with E-state index in [0.717, 1.165) is 10.5 Å². The average molecular weight is 338 g/mol. The minimum absolute atomic E-state index is 0.0248. The Balaban J connectivity index is 1.92. The molecule has 0 aromatic heterocycles. The predicted octanol–water partition coefficient (Wildman–Crippen LogP) is 1.76. The number of benzene rings is 2. The quantitative estimate of drug-likeness (QED) is 0.449. The summed E-state index contributed by atoms with van der Waals surface area (Å²) in [5.41, 5.74) is 0.838. The smallest absolute Gasteiger partial charge is 0.331 e. The Morgan fingerprint density at radius 3 is 2.36 bits per heavy atom. The molecule has 3 N–H and O–H groups in total. The van der Waals surface area contributed by atoms with Crippen molar-refractivity contribution in [3.63, 3.8) is 0 Å². The summed E-state index contributed by atoms with van der Waals surface area (Å²) in [6.07, 6.45) is 1.25. The van der Waals surface area contributed by atoms with Gasteiger partial charge in [0.25, 0.3) is 11.8 Å². The maximum Gasteiger partial charge on any atom is 0.331 e. The van der Waals surface area contributed by atoms with Crippen molar-refractivity contribution in [2.45, 2.75) is 6.54 Å². The van der Waals surface area contributed by atoms with Crippen molar-refractivity contribution < 1.29 is 24.6 Å². The third-order valence-electron chi connectivity index (χ3n) is 3.68. The monoisotopic (exact) mass is 338 g/mol. The Morgan fingerprint density at radius 1 is 0.960 bits per heavy atom. The van der Waals surface area contributed by atoms with Crippen LogP contribution in [-0.4, -0.2) is 33.0 Å². The van der Waals surface area contributed by atoms with Crippen molar-refractivity contribution in [3.05, 3.63) is 65.2 Å². The van der Waals surface area contributed by atoms with Crippen LogP contribution in [0.15, 0.2) is 54.1 Å². The van der Waals surface area contributed by atoms with Crippen molar-refractivity contribution in [3.8, 4) is 11.5 Å². The fraction of sp³-hybridized carbons (Fsp3) is 0.0556. The lowest BCUT2D eigenvalue weighted by molar-refractivity contribution is -0.130. The van der Waals surface area contributed by atoms with E-state index in [9.17, 15) is 24.6 Å². The highest BCUT2D eigenvalue weighted by Gasteiger charge is 2.35. The number of urea groups is 1. The van der Waals surface area contributed by atoms with Gasteiger partial charge in [0.05, 0.1) is 6.54 Å². The number of hydrogen-bond acceptors (Lipinski definition) is 5. The Kier molecular flexibility index (Phi) is 4.21. The number of aromatic hydroxyl groups is 2. The lowest BCUT2D eigenvalue weighted by Gasteiger charge is -2.26. The van der Waals surface area contributed by atoms with Crippen molar-refractivity contribution in [2.24, 2.45) is 0 Å². The first-order chi connectivity index (χ1) is 12.0. The topological polar surface area (TPSA) is 107 Å². The van der Waals surface area contributed by atoms with Crippen LogP contribution in [0.4, 0.5) is 4.79 Å². The number of nitrogens with zero attached hydrogens (tertiary/aromatic N) is 1. The maximum atomic E-state index is 12.6. The van der Waals surface area contributed by atoms with Gasteiger partial charge in [0, 0.05) is 0 Å². The average Bonchev–Trinajstić information content (AvgIpc) is 2.59. The first kappa shape index (κ1) is 16.3. The van der Waals surface area contributed by atoms with Crippen LogP contribution in [-0.2, 0) is 16.1 Å². The fourth-order valence-corrected chi connectivity index (χ4v) is 2.40. The number of carbonyl (C=O) groups is 3. The van der Waals surface area contributed by atoms with E-state index in [2.05, 4.69) is 5.32 Å². The highest BCUT2D eigenvalue weighted by molar-refractivity contribution is 6.30. The van der Waals surface area contributed by atoms with E-state index >= 15 is 0 Å². The van der Waals surface area contributed by atoms with Gasteiger partial charge in [-0.3, -0.25) is 19.8 Å². The molecule has 2 aromatic rings. The van der Waals surface area contributed by atoms with Gasteiger partial charge < -0.3 is 10.2 Å². The molecule has 7 heteroatoms. The third-order valence-corrected chi connectivity index (χ3v) is 3.68. The Labute approximate surface area is 142 Å². The van der Waals surface area contributed by atoms with E-state index in [1.165, 1.54) is 24.3 Å². The molecule has 0 spiro atoms. The molecule has 1 aliphatic heterocycles. The highest BCUT2D eigenvalue weighted by Crippen LogP contribution is 2.26. The molecule has 0 atom stereocenters. The molecule has 0 radical (unpaired) electrons. The summed E-state index contributed by atoms with van der Waals surface area (Å²) in [5.74, 6) is -2.24. The largest absolute Gasteiger partial charge is 0.504 e. The minimum atomic E-state index is -0.813. The third kappa shape index (κ3) is 3.35. The van der Waals surface area contributed by atoms with Crippen molar-refractivity contribution >= 4 is 23.9 Å². The molecule has 0 saturated carbocycles. The van der Waals surface area contributed by atoms with Crippen LogP contribution in [0.2, 0.25) is 0 Å². The predicted molar refractivity (Wildman–Crippen MR) is 88.3 cm³/mol. The number of imide groups is 2. The van der Waals surface area contributed by atoms with Crippen LogP contribution in [0, 0.1) is 0 Å². The first-order valence-corrected chi connectivity index (χ1v) is 7.40. The summed E-state index contributed by atoms with van der Waals surface area (Å²) in [5, 5.41) is 21.0. The number of rotatable bonds is 3. The zero-order valence-electron chi connectivity index (χ0n) is 13.0. The molecule has 3 rings (SSSR count). The van der Waals surface area contributed by atoms with Crippen molar-refractivity contribution in [2.75, 3.05) is 0 Å². The molecule has 1 fully saturated rings. The number of phenols is 2. The molecule has 1 heterocycles. The molecule has 0 unspecified atom stereocenters. The zero-order valence-corrected chi connectivity index (χ0v) is 13.0. The summed E-state index contributed by atoms with van der Waals surface area (Å²) in [4.78, 5) is 37.5. The van der Waals surface area contributed by atoms with E-state index in [0.29, 0.717) is 5.56 Å². The van der Waals surface area contributed by atoms with E-state index in [4.69, 9.17) is 0 Å². The number of hydrogen-bond donors (Lipinski definition) is 3. The summed E-state index contributed by atoms with van der Waals surface area (Å²) < 4.78 is 0. The Bertz CT molecular complexity index is 890. The number of phenolic OH excluding ortho intramolecular Hbond substituents is 2. The lowest BCUT2D eigenvalue weighted by Crippen LogP contribution is -2.53. The molecule has 2 aromatic carbocycles. The molecular formula is C18H14N2O5. The second-order valence-corrected chi connectivity index (χ2v) is 5.44. The first-order valence-electron chi connectivity index (χ1n) is 7.40. The van der Waals surface area contributed by atoms with Gasteiger partial charge in [-0.25, -0.2) is 4.79 Å². The Hall–Kier alpha value is -3.61. The molecule has 7 nitrogen and oxygen atoms in total. The molecule has 0 bridgehead atoms. The number of nitrogens with one attached hydrogen (secondary N) is 1. The van der Waals surface area contributed by atoms with Gasteiger partial charge in [-0.05, 0) is 29.3 Å². The summed E-state index contributed by atoms with van der Waals surface area (Å²) in [7, 11) is 0. The minimum Gasteiger partial charge on any atom is -0.504 e. The van der Waals surface area contributed by atoms with Gasteiger partial charge in [0.1, 0.15) is 5.57 Å². The molecule has 0 aliphatic carbocycles. The Morgan fingerprint density at radius 2 is 1.68 bits per heavy atom. The van der Waals surface area contributed by atoms with Gasteiger partial charge in [-0.2, -0.15) is 0 Å². The summed E-state index contributed by atoms with van der Waals surface area (Å²) in [6, 6.07) is 12.0. The highest BCUT2D eigenvalue weighted by atomic mass is 16.3. The zero-order chi connectivity index (χ0) is 18.0. The van der Waals surface area contributed by atoms with Gasteiger partial charge in [0.15, 0.2) is 11.5 Å². The van der Waals surface area contributed by atoms with Crippen LogP contribution in [0.5, 0.6) is 11.5 Å². The van der Waals surface area contributed by atoms with E-state index in [1.54, 1.807) is 24.3 Å². The number of carbonyl (C=O) groups excluding carboxylic acids is 3. The molecule has 4 amide bonds. The molecular weight excluding hydrogens is 324 g/mol. The van der Waals surface area contributed by atoms with Crippen LogP contribution < -0.4 is 5.32 Å². The molecule has 1 saturated heterocycles. The fourth-order valence-electron chi connectivity index (χ4n) is 2.40. The van der Waals surface area contributed by atoms with Crippen LogP contribution in [0.25, 0.3) is 6.08 Å². The normalized spacial score (nSPS) is 16.2. The van der Waals surface area contributed by atoms with Crippen LogP contribution in [0.3, 0.4) is 0 Å². The van der Waals surface area contributed by atoms with Crippen molar-refractivity contribution in [1.29, 1.82) is 0 Å². The number of barbiturate groups is 1. The molecule has 1 aliphatic rings. The molecule has 25 heavy (non-hydrogen) atoms. The van der Waals surface area contributed by atoms with Gasteiger partial charge in [-0.15, -0.1) is 0 Å². The van der Waals surface area contributed by atoms with Gasteiger partial charge in [-0.1, -0.05) is 36.4 Å². The van der Waals surface area contributed by atoms with E-state index in [1.807, 2.05) is 6.07 Å². The second kappa shape index (κ2) is 6.48. The van der Waals surface area contributed by atoms with E-state index in [-0.39, 0.29) is 23.6 Å². The van der Waals surface area contributed by atoms with Gasteiger partial charge >= 0.3 is 6.03 Å². The molecule has 126 valence electrons. The van der Waals surface area contributed by atoms with Gasteiger partial charge in [0.2, 0.25) is 0 Å². The maximum absolute atomic E-state index is 12.6.